The van der Waals surface area contributed by atoms with Crippen LogP contribution in [0.4, 0.5) is 0 Å². The number of hydrogen-bond acceptors (Lipinski definition) is 3. The van der Waals surface area contributed by atoms with Crippen LogP contribution in [0.15, 0.2) is 6.20 Å². The molecular formula is C19H32N4O. The van der Waals surface area contributed by atoms with Crippen molar-refractivity contribution in [3.8, 4) is 0 Å². The van der Waals surface area contributed by atoms with Crippen LogP contribution in [0.3, 0.4) is 0 Å². The van der Waals surface area contributed by atoms with Crippen molar-refractivity contribution in [1.82, 2.24) is 20.0 Å². The van der Waals surface area contributed by atoms with Crippen LogP contribution >= 0.6 is 0 Å². The van der Waals surface area contributed by atoms with Crippen molar-refractivity contribution in [2.45, 2.75) is 71.4 Å². The molecule has 2 unspecified atom stereocenters. The fourth-order valence-electron chi connectivity index (χ4n) is 4.03. The summed E-state index contributed by atoms with van der Waals surface area (Å²) in [5.74, 6) is 0.816. The lowest BCUT2D eigenvalue weighted by Crippen LogP contribution is -2.39. The third-order valence-corrected chi connectivity index (χ3v) is 5.56. The highest BCUT2D eigenvalue weighted by atomic mass is 16.2. The van der Waals surface area contributed by atoms with Crippen molar-refractivity contribution in [3.05, 3.63) is 17.5 Å². The molecule has 0 saturated carbocycles. The number of carbonyl (C=O) groups is 1. The minimum absolute atomic E-state index is 0.0783. The second-order valence-corrected chi connectivity index (χ2v) is 7.73. The zero-order valence-corrected chi connectivity index (χ0v) is 15.3. The van der Waals surface area contributed by atoms with Gasteiger partial charge < -0.3 is 10.2 Å². The summed E-state index contributed by atoms with van der Waals surface area (Å²) >= 11 is 0. The van der Waals surface area contributed by atoms with Crippen molar-refractivity contribution in [2.24, 2.45) is 5.92 Å². The van der Waals surface area contributed by atoms with Crippen LogP contribution in [-0.2, 0) is 24.2 Å². The number of hydrogen-bond donors (Lipinski definition) is 1. The van der Waals surface area contributed by atoms with Crippen LogP contribution in [0.2, 0.25) is 0 Å². The number of likely N-dealkylation sites (tertiary alicyclic amines) is 1. The molecule has 1 aliphatic heterocycles. The lowest BCUT2D eigenvalue weighted by atomic mass is 9.89. The Morgan fingerprint density at radius 2 is 2.21 bits per heavy atom. The Bertz CT molecular complexity index is 554. The number of rotatable bonds is 6. The molecule has 0 radical (unpaired) electrons. The Morgan fingerprint density at radius 1 is 1.33 bits per heavy atom. The first-order valence-corrected chi connectivity index (χ1v) is 9.68. The zero-order valence-electron chi connectivity index (χ0n) is 15.3. The molecule has 134 valence electrons. The Kier molecular flexibility index (Phi) is 5.93. The highest BCUT2D eigenvalue weighted by Crippen LogP contribution is 2.23. The molecule has 5 heteroatoms. The van der Waals surface area contributed by atoms with E-state index in [1.165, 1.54) is 43.5 Å². The second-order valence-electron chi connectivity index (χ2n) is 7.73. The summed E-state index contributed by atoms with van der Waals surface area (Å²) in [5.41, 5.74) is 2.53. The maximum Gasteiger partial charge on any atom is 0.241 e. The fourth-order valence-corrected chi connectivity index (χ4v) is 4.03. The summed E-state index contributed by atoms with van der Waals surface area (Å²) < 4.78 is 1.82. The van der Waals surface area contributed by atoms with Crippen molar-refractivity contribution >= 4 is 5.91 Å². The molecule has 5 nitrogen and oxygen atoms in total. The minimum Gasteiger partial charge on any atom is -0.354 e. The molecule has 1 fully saturated rings. The standard InChI is InChI=1S/C19H32N4O/c1-15-7-8-18-17(12-15)13-23(21-18)14-19(24)20-9-5-11-22-10-4-3-6-16(22)2/h13,15-16H,3-12,14H2,1-2H3,(H,20,24). The number of nitrogens with zero attached hydrogens (tertiary/aromatic N) is 3. The number of aryl methyl sites for hydroxylation is 1. The molecule has 3 rings (SSSR count). The number of carbonyl (C=O) groups excluding carboxylic acids is 1. The molecule has 2 atom stereocenters. The van der Waals surface area contributed by atoms with Gasteiger partial charge in [-0.2, -0.15) is 5.10 Å². The van der Waals surface area contributed by atoms with Gasteiger partial charge >= 0.3 is 0 Å². The Morgan fingerprint density at radius 3 is 3.04 bits per heavy atom. The molecular weight excluding hydrogens is 300 g/mol. The van der Waals surface area contributed by atoms with Gasteiger partial charge in [-0.15, -0.1) is 0 Å². The zero-order chi connectivity index (χ0) is 16.9. The minimum atomic E-state index is 0.0783. The fraction of sp³-hybridized carbons (Fsp3) is 0.789. The first kappa shape index (κ1) is 17.5. The SMILES string of the molecule is CC1CCc2nn(CC(=O)NCCCN3CCCCC3C)cc2C1. The van der Waals surface area contributed by atoms with Gasteiger partial charge in [0.05, 0.1) is 5.69 Å². The molecule has 1 amide bonds. The maximum absolute atomic E-state index is 12.1. The smallest absolute Gasteiger partial charge is 0.241 e. The van der Waals surface area contributed by atoms with Gasteiger partial charge in [0.15, 0.2) is 0 Å². The molecule has 0 bridgehead atoms. The van der Waals surface area contributed by atoms with Gasteiger partial charge in [0.25, 0.3) is 0 Å². The highest BCUT2D eigenvalue weighted by Gasteiger charge is 2.19. The van der Waals surface area contributed by atoms with E-state index in [0.29, 0.717) is 12.6 Å². The van der Waals surface area contributed by atoms with Crippen molar-refractivity contribution < 1.29 is 4.79 Å². The highest BCUT2D eigenvalue weighted by molar-refractivity contribution is 5.75. The molecule has 1 aromatic rings. The molecule has 1 aliphatic carbocycles. The number of amides is 1. The Hall–Kier alpha value is -1.36. The molecule has 24 heavy (non-hydrogen) atoms. The number of piperidine rings is 1. The Labute approximate surface area is 145 Å². The van der Waals surface area contributed by atoms with E-state index in [2.05, 4.69) is 35.4 Å². The van der Waals surface area contributed by atoms with Gasteiger partial charge in [-0.3, -0.25) is 9.48 Å². The second kappa shape index (κ2) is 8.15. The first-order valence-electron chi connectivity index (χ1n) is 9.68. The third kappa shape index (κ3) is 4.59. The van der Waals surface area contributed by atoms with E-state index >= 15 is 0 Å². The predicted molar refractivity (Wildman–Crippen MR) is 95.9 cm³/mol. The van der Waals surface area contributed by atoms with Gasteiger partial charge in [0.1, 0.15) is 6.54 Å². The third-order valence-electron chi connectivity index (χ3n) is 5.56. The van der Waals surface area contributed by atoms with Crippen LogP contribution < -0.4 is 5.32 Å². The van der Waals surface area contributed by atoms with Crippen molar-refractivity contribution in [1.29, 1.82) is 0 Å². The van der Waals surface area contributed by atoms with Crippen LogP contribution in [0, 0.1) is 5.92 Å². The first-order chi connectivity index (χ1) is 11.6. The van der Waals surface area contributed by atoms with Crippen LogP contribution in [-0.4, -0.2) is 46.3 Å². The number of aromatic nitrogens is 2. The average molecular weight is 332 g/mol. The van der Waals surface area contributed by atoms with Gasteiger partial charge in [0.2, 0.25) is 5.91 Å². The summed E-state index contributed by atoms with van der Waals surface area (Å²) in [4.78, 5) is 14.7. The van der Waals surface area contributed by atoms with E-state index in [1.54, 1.807) is 0 Å². The number of nitrogens with one attached hydrogen (secondary N) is 1. The Balaban J connectivity index is 1.37. The quantitative estimate of drug-likeness (QED) is 0.814. The molecule has 1 aromatic heterocycles. The molecule has 1 saturated heterocycles. The van der Waals surface area contributed by atoms with E-state index < -0.39 is 0 Å². The summed E-state index contributed by atoms with van der Waals surface area (Å²) in [6, 6.07) is 0.701. The summed E-state index contributed by atoms with van der Waals surface area (Å²) in [5, 5.41) is 7.63. The monoisotopic (exact) mass is 332 g/mol. The summed E-state index contributed by atoms with van der Waals surface area (Å²) in [7, 11) is 0. The van der Waals surface area contributed by atoms with Gasteiger partial charge in [-0.25, -0.2) is 0 Å². The van der Waals surface area contributed by atoms with E-state index in [9.17, 15) is 4.79 Å². The van der Waals surface area contributed by atoms with Crippen LogP contribution in [0.25, 0.3) is 0 Å². The lowest BCUT2D eigenvalue weighted by Gasteiger charge is -2.33. The normalized spacial score (nSPS) is 24.6. The lowest BCUT2D eigenvalue weighted by molar-refractivity contribution is -0.121. The van der Waals surface area contributed by atoms with Crippen LogP contribution in [0.5, 0.6) is 0 Å². The summed E-state index contributed by atoms with van der Waals surface area (Å²) in [6.45, 7) is 8.03. The van der Waals surface area contributed by atoms with E-state index in [0.717, 1.165) is 38.3 Å². The molecule has 0 aromatic carbocycles. The molecule has 1 N–H and O–H groups in total. The molecule has 0 spiro atoms. The molecule has 2 aliphatic rings. The average Bonchev–Trinajstić information content (AvgIpc) is 2.94. The van der Waals surface area contributed by atoms with E-state index in [-0.39, 0.29) is 5.91 Å². The van der Waals surface area contributed by atoms with Crippen molar-refractivity contribution in [2.75, 3.05) is 19.6 Å². The van der Waals surface area contributed by atoms with E-state index in [4.69, 9.17) is 0 Å². The van der Waals surface area contributed by atoms with Gasteiger partial charge in [-0.1, -0.05) is 13.3 Å². The maximum atomic E-state index is 12.1. The largest absolute Gasteiger partial charge is 0.354 e. The number of fused-ring (bicyclic) bond motifs is 1. The summed E-state index contributed by atoms with van der Waals surface area (Å²) in [6.07, 6.45) is 10.5. The van der Waals surface area contributed by atoms with Crippen molar-refractivity contribution in [3.63, 3.8) is 0 Å². The van der Waals surface area contributed by atoms with Gasteiger partial charge in [0, 0.05) is 25.3 Å². The molecule has 2 heterocycles. The van der Waals surface area contributed by atoms with Crippen LogP contribution in [0.1, 0.15) is 57.2 Å². The van der Waals surface area contributed by atoms with Gasteiger partial charge in [-0.05, 0) is 63.5 Å². The van der Waals surface area contributed by atoms with E-state index in [1.807, 2.05) is 4.68 Å². The predicted octanol–water partition coefficient (Wildman–Crippen LogP) is 2.39. The topological polar surface area (TPSA) is 50.2 Å².